The first-order chi connectivity index (χ1) is 12.7. The van der Waals surface area contributed by atoms with Crippen LogP contribution in [0.15, 0.2) is 48.5 Å². The highest BCUT2D eigenvalue weighted by Crippen LogP contribution is 2.31. The molecule has 27 heavy (non-hydrogen) atoms. The van der Waals surface area contributed by atoms with Crippen molar-refractivity contribution in [2.24, 2.45) is 0 Å². The second-order valence-corrected chi connectivity index (χ2v) is 5.68. The lowest BCUT2D eigenvalue weighted by Crippen LogP contribution is -2.18. The summed E-state index contributed by atoms with van der Waals surface area (Å²) in [5.74, 6) is -3.23. The van der Waals surface area contributed by atoms with Crippen LogP contribution < -0.4 is 5.32 Å². The van der Waals surface area contributed by atoms with Gasteiger partial charge in [-0.05, 0) is 37.3 Å². The number of alkyl halides is 3. The smallest absolute Gasteiger partial charge is 0.306 e. The maximum absolute atomic E-state index is 13.8. The summed E-state index contributed by atoms with van der Waals surface area (Å²) in [4.78, 5) is 12.3. The van der Waals surface area contributed by atoms with E-state index in [1.165, 1.54) is 18.2 Å². The van der Waals surface area contributed by atoms with E-state index >= 15 is 0 Å². The van der Waals surface area contributed by atoms with Gasteiger partial charge in [0.25, 0.3) is 5.91 Å². The summed E-state index contributed by atoms with van der Waals surface area (Å²) in [6.45, 7) is 1.56. The first-order valence-corrected chi connectivity index (χ1v) is 7.66. The summed E-state index contributed by atoms with van der Waals surface area (Å²) in [6, 6.07) is 8.63. The van der Waals surface area contributed by atoms with Gasteiger partial charge in [-0.15, -0.1) is 0 Å². The zero-order chi connectivity index (χ0) is 19.8. The van der Waals surface area contributed by atoms with Crippen molar-refractivity contribution in [3.63, 3.8) is 0 Å². The molecule has 0 atom stereocenters. The number of nitrogens with zero attached hydrogens (tertiary/aromatic N) is 2. The summed E-state index contributed by atoms with van der Waals surface area (Å²) < 4.78 is 67.4. The van der Waals surface area contributed by atoms with Crippen molar-refractivity contribution >= 4 is 11.7 Å². The molecular formula is C18H12F5N3O. The number of hydrogen-bond donors (Lipinski definition) is 1. The Morgan fingerprint density at radius 2 is 1.67 bits per heavy atom. The fourth-order valence-corrected chi connectivity index (χ4v) is 2.49. The molecule has 3 rings (SSSR count). The Morgan fingerprint density at radius 1 is 1.04 bits per heavy atom. The predicted octanol–water partition coefficient (Wildman–Crippen LogP) is 4.73. The van der Waals surface area contributed by atoms with Gasteiger partial charge in [-0.3, -0.25) is 4.79 Å². The Balaban J connectivity index is 1.99. The number of benzene rings is 2. The van der Waals surface area contributed by atoms with Gasteiger partial charge in [0, 0.05) is 6.07 Å². The molecule has 1 aromatic heterocycles. The standard InChI is InChI=1S/C18H12F5N3O/c1-10-8-15(24-17(27)16-13(19)6-3-7-14(16)20)26(25-10)12-5-2-4-11(9-12)18(21,22)23/h2-9H,1H3,(H,24,27). The highest BCUT2D eigenvalue weighted by Gasteiger charge is 2.31. The second kappa shape index (κ2) is 6.82. The van der Waals surface area contributed by atoms with Crippen molar-refractivity contribution in [1.82, 2.24) is 9.78 Å². The molecule has 9 heteroatoms. The quantitative estimate of drug-likeness (QED) is 0.667. The molecule has 4 nitrogen and oxygen atoms in total. The van der Waals surface area contributed by atoms with Crippen LogP contribution in [0.4, 0.5) is 27.8 Å². The van der Waals surface area contributed by atoms with E-state index in [-0.39, 0.29) is 11.5 Å². The number of hydrogen-bond acceptors (Lipinski definition) is 2. The van der Waals surface area contributed by atoms with Gasteiger partial charge in [0.2, 0.25) is 0 Å². The molecule has 1 heterocycles. The normalized spacial score (nSPS) is 11.5. The van der Waals surface area contributed by atoms with Gasteiger partial charge in [0.05, 0.1) is 16.9 Å². The number of carbonyl (C=O) groups is 1. The molecule has 140 valence electrons. The highest BCUT2D eigenvalue weighted by atomic mass is 19.4. The van der Waals surface area contributed by atoms with Gasteiger partial charge in [0.15, 0.2) is 0 Å². The van der Waals surface area contributed by atoms with Crippen LogP contribution in [0.1, 0.15) is 21.6 Å². The molecule has 0 aliphatic rings. The van der Waals surface area contributed by atoms with E-state index in [1.54, 1.807) is 6.92 Å². The number of anilines is 1. The monoisotopic (exact) mass is 381 g/mol. The van der Waals surface area contributed by atoms with E-state index in [1.807, 2.05) is 0 Å². The molecule has 1 N–H and O–H groups in total. The molecule has 0 fully saturated rings. The number of aromatic nitrogens is 2. The van der Waals surface area contributed by atoms with Crippen LogP contribution in [0.2, 0.25) is 0 Å². The molecule has 0 bridgehead atoms. The van der Waals surface area contributed by atoms with Crippen molar-refractivity contribution in [2.75, 3.05) is 5.32 Å². The van der Waals surface area contributed by atoms with Gasteiger partial charge in [0.1, 0.15) is 23.0 Å². The lowest BCUT2D eigenvalue weighted by molar-refractivity contribution is -0.137. The van der Waals surface area contributed by atoms with E-state index in [0.29, 0.717) is 5.69 Å². The van der Waals surface area contributed by atoms with E-state index in [2.05, 4.69) is 10.4 Å². The van der Waals surface area contributed by atoms with Crippen LogP contribution >= 0.6 is 0 Å². The summed E-state index contributed by atoms with van der Waals surface area (Å²) in [6.07, 6.45) is -4.56. The van der Waals surface area contributed by atoms with Crippen LogP contribution in [0.5, 0.6) is 0 Å². The average Bonchev–Trinajstić information content (AvgIpc) is 2.94. The maximum Gasteiger partial charge on any atom is 0.416 e. The van der Waals surface area contributed by atoms with Crippen LogP contribution in [0.3, 0.4) is 0 Å². The average molecular weight is 381 g/mol. The van der Waals surface area contributed by atoms with Crippen LogP contribution in [-0.2, 0) is 6.18 Å². The minimum Gasteiger partial charge on any atom is -0.306 e. The zero-order valence-corrected chi connectivity index (χ0v) is 13.8. The Morgan fingerprint density at radius 3 is 2.30 bits per heavy atom. The Bertz CT molecular complexity index is 990. The Labute approximate surface area is 150 Å². The minimum atomic E-state index is -4.56. The van der Waals surface area contributed by atoms with Crippen molar-refractivity contribution < 1.29 is 26.7 Å². The summed E-state index contributed by atoms with van der Waals surface area (Å²) in [5, 5.41) is 6.33. The number of nitrogens with one attached hydrogen (secondary N) is 1. The minimum absolute atomic E-state index is 0.0283. The molecule has 0 saturated carbocycles. The summed E-state index contributed by atoms with van der Waals surface area (Å²) >= 11 is 0. The SMILES string of the molecule is Cc1cc(NC(=O)c2c(F)cccc2F)n(-c2cccc(C(F)(F)F)c2)n1. The van der Waals surface area contributed by atoms with Gasteiger partial charge in [-0.2, -0.15) is 18.3 Å². The predicted molar refractivity (Wildman–Crippen MR) is 87.6 cm³/mol. The third-order valence-electron chi connectivity index (χ3n) is 3.68. The molecule has 0 aliphatic carbocycles. The third kappa shape index (κ3) is 3.81. The molecule has 1 amide bonds. The molecule has 2 aromatic carbocycles. The number of rotatable bonds is 3. The Hall–Kier alpha value is -3.23. The van der Waals surface area contributed by atoms with E-state index < -0.39 is 34.8 Å². The fraction of sp³-hybridized carbons (Fsp3) is 0.111. The van der Waals surface area contributed by atoms with E-state index in [4.69, 9.17) is 0 Å². The second-order valence-electron chi connectivity index (χ2n) is 5.68. The number of aryl methyl sites for hydroxylation is 1. The van der Waals surface area contributed by atoms with Gasteiger partial charge in [-0.1, -0.05) is 12.1 Å². The molecular weight excluding hydrogens is 369 g/mol. The highest BCUT2D eigenvalue weighted by molar-refractivity contribution is 6.04. The van der Waals surface area contributed by atoms with E-state index in [9.17, 15) is 26.7 Å². The van der Waals surface area contributed by atoms with Crippen LogP contribution in [-0.4, -0.2) is 15.7 Å². The van der Waals surface area contributed by atoms with Gasteiger partial charge < -0.3 is 5.32 Å². The molecule has 3 aromatic rings. The molecule has 0 spiro atoms. The third-order valence-corrected chi connectivity index (χ3v) is 3.68. The molecule has 0 unspecified atom stereocenters. The first-order valence-electron chi connectivity index (χ1n) is 7.66. The lowest BCUT2D eigenvalue weighted by atomic mass is 10.2. The number of amides is 1. The van der Waals surface area contributed by atoms with Crippen molar-refractivity contribution in [3.8, 4) is 5.69 Å². The number of carbonyl (C=O) groups excluding carboxylic acids is 1. The first kappa shape index (κ1) is 18.6. The topological polar surface area (TPSA) is 46.9 Å². The number of halogens is 5. The lowest BCUT2D eigenvalue weighted by Gasteiger charge is -2.12. The van der Waals surface area contributed by atoms with Crippen molar-refractivity contribution in [1.29, 1.82) is 0 Å². The van der Waals surface area contributed by atoms with Crippen LogP contribution in [0.25, 0.3) is 5.69 Å². The van der Waals surface area contributed by atoms with Gasteiger partial charge >= 0.3 is 6.18 Å². The summed E-state index contributed by atoms with van der Waals surface area (Å²) in [7, 11) is 0. The fourth-order valence-electron chi connectivity index (χ4n) is 2.49. The molecule has 0 radical (unpaired) electrons. The van der Waals surface area contributed by atoms with Crippen LogP contribution in [0, 0.1) is 18.6 Å². The molecule has 0 saturated heterocycles. The largest absolute Gasteiger partial charge is 0.416 e. The zero-order valence-electron chi connectivity index (χ0n) is 13.8. The van der Waals surface area contributed by atoms with E-state index in [0.717, 1.165) is 35.0 Å². The summed E-state index contributed by atoms with van der Waals surface area (Å²) in [5.41, 5.74) is -1.28. The molecule has 0 aliphatic heterocycles. The van der Waals surface area contributed by atoms with Crippen molar-refractivity contribution in [2.45, 2.75) is 13.1 Å². The van der Waals surface area contributed by atoms with Gasteiger partial charge in [-0.25, -0.2) is 13.5 Å². The Kier molecular flexibility index (Phi) is 4.69. The maximum atomic E-state index is 13.8. The van der Waals surface area contributed by atoms with Crippen molar-refractivity contribution in [3.05, 3.63) is 77.0 Å².